The van der Waals surface area contributed by atoms with Crippen LogP contribution in [0.1, 0.15) is 49.9 Å². The third-order valence-electron chi connectivity index (χ3n) is 5.94. The van der Waals surface area contributed by atoms with Crippen LogP contribution < -0.4 is 5.32 Å². The van der Waals surface area contributed by atoms with Gasteiger partial charge in [-0.25, -0.2) is 4.39 Å². The number of carbonyl (C=O) groups excluding carboxylic acids is 2. The fourth-order valence-electron chi connectivity index (χ4n) is 4.18. The predicted molar refractivity (Wildman–Crippen MR) is 107 cm³/mol. The number of nitrogens with zero attached hydrogens (tertiary/aromatic N) is 2. The summed E-state index contributed by atoms with van der Waals surface area (Å²) in [5.41, 5.74) is 0.549. The Labute approximate surface area is 167 Å². The Hall–Kier alpha value is -1.95. The third kappa shape index (κ3) is 5.31. The maximum atomic E-state index is 13.0. The number of rotatable bonds is 5. The van der Waals surface area contributed by atoms with Crippen molar-refractivity contribution < 1.29 is 14.0 Å². The zero-order valence-electron chi connectivity index (χ0n) is 17.0. The second-order valence-corrected chi connectivity index (χ2v) is 8.48. The van der Waals surface area contributed by atoms with Gasteiger partial charge >= 0.3 is 0 Å². The maximum absolute atomic E-state index is 13.0. The van der Waals surface area contributed by atoms with Crippen molar-refractivity contribution in [3.63, 3.8) is 0 Å². The van der Waals surface area contributed by atoms with Crippen molar-refractivity contribution in [1.29, 1.82) is 0 Å². The minimum Gasteiger partial charge on any atom is -0.356 e. The lowest BCUT2D eigenvalue weighted by atomic mass is 9.92. The Morgan fingerprint density at radius 2 is 1.64 bits per heavy atom. The van der Waals surface area contributed by atoms with Gasteiger partial charge in [0.1, 0.15) is 5.82 Å². The van der Waals surface area contributed by atoms with Gasteiger partial charge in [-0.3, -0.25) is 9.59 Å². The van der Waals surface area contributed by atoms with Crippen LogP contribution in [0.2, 0.25) is 0 Å². The van der Waals surface area contributed by atoms with Crippen LogP contribution in [0.5, 0.6) is 0 Å². The quantitative estimate of drug-likeness (QED) is 0.843. The first-order valence-corrected chi connectivity index (χ1v) is 10.5. The molecule has 3 rings (SSSR count). The molecule has 2 fully saturated rings. The van der Waals surface area contributed by atoms with Gasteiger partial charge in [-0.15, -0.1) is 0 Å². The van der Waals surface area contributed by atoms with E-state index in [0.717, 1.165) is 58.4 Å². The number of benzene rings is 1. The summed E-state index contributed by atoms with van der Waals surface area (Å²) in [6.07, 6.45) is 3.74. The summed E-state index contributed by atoms with van der Waals surface area (Å²) in [6.45, 7) is 8.34. The molecule has 2 heterocycles. The normalized spacial score (nSPS) is 19.8. The van der Waals surface area contributed by atoms with Crippen LogP contribution in [-0.2, 0) is 4.79 Å². The van der Waals surface area contributed by atoms with E-state index in [0.29, 0.717) is 17.5 Å². The molecule has 1 N–H and O–H groups in total. The van der Waals surface area contributed by atoms with Crippen molar-refractivity contribution in [2.45, 2.75) is 45.6 Å². The van der Waals surface area contributed by atoms with Crippen LogP contribution in [0.15, 0.2) is 24.3 Å². The molecular weight excluding hydrogens is 357 g/mol. The predicted octanol–water partition coefficient (Wildman–Crippen LogP) is 2.91. The molecule has 0 unspecified atom stereocenters. The van der Waals surface area contributed by atoms with Gasteiger partial charge in [0.25, 0.3) is 5.91 Å². The van der Waals surface area contributed by atoms with E-state index in [1.807, 2.05) is 4.90 Å². The highest BCUT2D eigenvalue weighted by Crippen LogP contribution is 2.25. The second kappa shape index (κ2) is 9.50. The first kappa shape index (κ1) is 20.8. The summed E-state index contributed by atoms with van der Waals surface area (Å²) in [5, 5.41) is 3.06. The van der Waals surface area contributed by atoms with Crippen LogP contribution in [0.25, 0.3) is 0 Å². The number of hydrogen-bond acceptors (Lipinski definition) is 3. The molecule has 154 valence electrons. The molecule has 1 aromatic rings. The van der Waals surface area contributed by atoms with E-state index in [2.05, 4.69) is 24.1 Å². The van der Waals surface area contributed by atoms with Crippen LogP contribution >= 0.6 is 0 Å². The van der Waals surface area contributed by atoms with E-state index in [9.17, 15) is 14.0 Å². The van der Waals surface area contributed by atoms with Gasteiger partial charge in [0.15, 0.2) is 0 Å². The first-order valence-electron chi connectivity index (χ1n) is 10.5. The topological polar surface area (TPSA) is 52.7 Å². The number of amides is 2. The van der Waals surface area contributed by atoms with E-state index in [-0.39, 0.29) is 23.5 Å². The van der Waals surface area contributed by atoms with Gasteiger partial charge in [0.05, 0.1) is 0 Å². The van der Waals surface area contributed by atoms with Crippen LogP contribution in [0, 0.1) is 17.7 Å². The van der Waals surface area contributed by atoms with E-state index in [1.165, 1.54) is 12.1 Å². The van der Waals surface area contributed by atoms with Gasteiger partial charge in [-0.2, -0.15) is 0 Å². The van der Waals surface area contributed by atoms with Crippen LogP contribution in [-0.4, -0.2) is 60.4 Å². The highest BCUT2D eigenvalue weighted by Gasteiger charge is 2.31. The molecule has 2 saturated heterocycles. The first-order chi connectivity index (χ1) is 13.4. The lowest BCUT2D eigenvalue weighted by Crippen LogP contribution is -2.50. The summed E-state index contributed by atoms with van der Waals surface area (Å²) < 4.78 is 13.0. The number of halogens is 1. The molecule has 2 aliphatic heterocycles. The average molecular weight is 390 g/mol. The minimum atomic E-state index is -0.323. The molecule has 28 heavy (non-hydrogen) atoms. The van der Waals surface area contributed by atoms with Gasteiger partial charge < -0.3 is 15.1 Å². The number of hydrogen-bond donors (Lipinski definition) is 1. The lowest BCUT2D eigenvalue weighted by Gasteiger charge is -2.41. The van der Waals surface area contributed by atoms with Crippen LogP contribution in [0.3, 0.4) is 0 Å². The summed E-state index contributed by atoms with van der Waals surface area (Å²) in [6, 6.07) is 6.26. The minimum absolute atomic E-state index is 0.0148. The van der Waals surface area contributed by atoms with Gasteiger partial charge in [0, 0.05) is 37.2 Å². The molecule has 0 aromatic heterocycles. The Morgan fingerprint density at radius 3 is 2.21 bits per heavy atom. The van der Waals surface area contributed by atoms with Gasteiger partial charge in [0.2, 0.25) is 5.91 Å². The molecule has 0 radical (unpaired) electrons. The van der Waals surface area contributed by atoms with Gasteiger partial charge in [-0.05, 0) is 69.0 Å². The maximum Gasteiger partial charge on any atom is 0.253 e. The SMILES string of the molecule is CC(C)CNC(=O)C1CCN(C2CCN(C(=O)c3ccc(F)cc3)CC2)CC1. The Kier molecular flexibility index (Phi) is 7.05. The number of piperidine rings is 2. The average Bonchev–Trinajstić information content (AvgIpc) is 2.72. The monoisotopic (exact) mass is 389 g/mol. The summed E-state index contributed by atoms with van der Waals surface area (Å²) >= 11 is 0. The molecular formula is C22H32FN3O2. The van der Waals surface area contributed by atoms with E-state index in [1.54, 1.807) is 12.1 Å². The standard InChI is InChI=1S/C22H32FN3O2/c1-16(2)15-24-21(27)17-7-11-25(12-8-17)20-9-13-26(14-10-20)22(28)18-3-5-19(23)6-4-18/h3-6,16-17,20H,7-15H2,1-2H3,(H,24,27). The number of likely N-dealkylation sites (tertiary alicyclic amines) is 2. The highest BCUT2D eigenvalue weighted by molar-refractivity contribution is 5.94. The van der Waals surface area contributed by atoms with Crippen molar-refractivity contribution in [3.05, 3.63) is 35.6 Å². The molecule has 2 amide bonds. The summed E-state index contributed by atoms with van der Waals surface area (Å²) in [4.78, 5) is 29.2. The fraction of sp³-hybridized carbons (Fsp3) is 0.636. The lowest BCUT2D eigenvalue weighted by molar-refractivity contribution is -0.126. The molecule has 1 aromatic carbocycles. The smallest absolute Gasteiger partial charge is 0.253 e. The Bertz CT molecular complexity index is 661. The molecule has 0 aliphatic carbocycles. The van der Waals surface area contributed by atoms with Crippen molar-refractivity contribution in [2.24, 2.45) is 11.8 Å². The number of nitrogens with one attached hydrogen (secondary N) is 1. The molecule has 0 spiro atoms. The third-order valence-corrected chi connectivity index (χ3v) is 5.94. The molecule has 2 aliphatic rings. The zero-order chi connectivity index (χ0) is 20.1. The van der Waals surface area contributed by atoms with E-state index >= 15 is 0 Å². The molecule has 0 bridgehead atoms. The van der Waals surface area contributed by atoms with Crippen molar-refractivity contribution >= 4 is 11.8 Å². The molecule has 0 atom stereocenters. The Morgan fingerprint density at radius 1 is 1.04 bits per heavy atom. The van der Waals surface area contributed by atoms with Crippen molar-refractivity contribution in [3.8, 4) is 0 Å². The van der Waals surface area contributed by atoms with Gasteiger partial charge in [-0.1, -0.05) is 13.8 Å². The fourth-order valence-corrected chi connectivity index (χ4v) is 4.18. The molecule has 5 nitrogen and oxygen atoms in total. The molecule has 0 saturated carbocycles. The van der Waals surface area contributed by atoms with Crippen LogP contribution in [0.4, 0.5) is 4.39 Å². The highest BCUT2D eigenvalue weighted by atomic mass is 19.1. The molecule has 6 heteroatoms. The largest absolute Gasteiger partial charge is 0.356 e. The van der Waals surface area contributed by atoms with Crippen molar-refractivity contribution in [1.82, 2.24) is 15.1 Å². The summed E-state index contributed by atoms with van der Waals surface area (Å²) in [7, 11) is 0. The Balaban J connectivity index is 1.43. The zero-order valence-corrected chi connectivity index (χ0v) is 17.0. The van der Waals surface area contributed by atoms with E-state index in [4.69, 9.17) is 0 Å². The van der Waals surface area contributed by atoms with E-state index < -0.39 is 0 Å². The summed E-state index contributed by atoms with van der Waals surface area (Å²) in [5.74, 6) is 0.477. The number of carbonyl (C=O) groups is 2. The van der Waals surface area contributed by atoms with Crippen molar-refractivity contribution in [2.75, 3.05) is 32.7 Å². The second-order valence-electron chi connectivity index (χ2n) is 8.48.